The van der Waals surface area contributed by atoms with E-state index in [0.29, 0.717) is 22.5 Å². The molecule has 0 spiro atoms. The summed E-state index contributed by atoms with van der Waals surface area (Å²) >= 11 is 0. The first-order valence-corrected chi connectivity index (χ1v) is 20.9. The summed E-state index contributed by atoms with van der Waals surface area (Å²) in [6.45, 7) is 3.98. The second kappa shape index (κ2) is 17.0. The molecule has 0 aliphatic carbocycles. The van der Waals surface area contributed by atoms with Gasteiger partial charge in [0.2, 0.25) is 0 Å². The highest BCUT2D eigenvalue weighted by molar-refractivity contribution is 6.12. The fourth-order valence-corrected chi connectivity index (χ4v) is 8.53. The number of nitrogen functional groups attached to an aromatic ring is 2. The Morgan fingerprint density at radius 3 is 1.06 bits per heavy atom. The van der Waals surface area contributed by atoms with E-state index in [1.807, 2.05) is 135 Å². The molecule has 6 nitrogen and oxygen atoms in total. The molecule has 2 atom stereocenters. The van der Waals surface area contributed by atoms with Crippen molar-refractivity contribution in [2.45, 2.75) is 25.9 Å². The zero-order chi connectivity index (χ0) is 42.7. The van der Waals surface area contributed by atoms with E-state index in [0.717, 1.165) is 77.2 Å². The summed E-state index contributed by atoms with van der Waals surface area (Å²) in [6.07, 6.45) is 0. The van der Waals surface area contributed by atoms with Crippen molar-refractivity contribution >= 4 is 44.7 Å². The lowest BCUT2D eigenvalue weighted by atomic mass is 9.87. The van der Waals surface area contributed by atoms with Crippen LogP contribution in [0.15, 0.2) is 194 Å². The molecule has 0 fully saturated rings. The minimum absolute atomic E-state index is 0.121. The van der Waals surface area contributed by atoms with Gasteiger partial charge < -0.3 is 22.1 Å². The topological polar surface area (TPSA) is 110 Å². The summed E-state index contributed by atoms with van der Waals surface area (Å²) in [6, 6.07) is 64.3. The molecule has 0 saturated carbocycles. The highest BCUT2D eigenvalue weighted by Crippen LogP contribution is 2.45. The number of hydrogen-bond acceptors (Lipinski definition) is 4. The lowest BCUT2D eigenvalue weighted by molar-refractivity contribution is 0.0931. The van der Waals surface area contributed by atoms with Gasteiger partial charge in [0.15, 0.2) is 0 Å². The van der Waals surface area contributed by atoms with E-state index >= 15 is 0 Å². The van der Waals surface area contributed by atoms with Gasteiger partial charge in [-0.2, -0.15) is 0 Å². The van der Waals surface area contributed by atoms with E-state index in [2.05, 4.69) is 83.4 Å². The summed E-state index contributed by atoms with van der Waals surface area (Å²) in [5.74, 6) is -0.250. The zero-order valence-corrected chi connectivity index (χ0v) is 34.6. The van der Waals surface area contributed by atoms with Gasteiger partial charge in [-0.1, -0.05) is 170 Å². The lowest BCUT2D eigenvalue weighted by Gasteiger charge is -2.19. The molecule has 0 bridgehead atoms. The quantitative estimate of drug-likeness (QED) is 0.103. The maximum atomic E-state index is 13.2. The molecule has 9 aromatic rings. The number of rotatable bonds is 10. The largest absolute Gasteiger partial charge is 0.397 e. The van der Waals surface area contributed by atoms with Gasteiger partial charge in [0.05, 0.1) is 23.5 Å². The van der Waals surface area contributed by atoms with Crippen LogP contribution in [0.1, 0.15) is 57.8 Å². The second-order valence-electron chi connectivity index (χ2n) is 15.8. The van der Waals surface area contributed by atoms with Crippen molar-refractivity contribution in [2.75, 3.05) is 11.5 Å². The summed E-state index contributed by atoms with van der Waals surface area (Å²) in [4.78, 5) is 26.5. The highest BCUT2D eigenvalue weighted by atomic mass is 16.2. The van der Waals surface area contributed by atoms with Crippen molar-refractivity contribution < 1.29 is 9.59 Å². The summed E-state index contributed by atoms with van der Waals surface area (Å²) < 4.78 is 0. The third-order valence-electron chi connectivity index (χ3n) is 11.9. The normalized spacial score (nSPS) is 12.2. The molecule has 0 heterocycles. The summed E-state index contributed by atoms with van der Waals surface area (Å²) in [5, 5.41) is 10.5. The molecule has 2 amide bonds. The predicted octanol–water partition coefficient (Wildman–Crippen LogP) is 12.8. The van der Waals surface area contributed by atoms with Crippen molar-refractivity contribution in [3.05, 3.63) is 216 Å². The van der Waals surface area contributed by atoms with Gasteiger partial charge in [0, 0.05) is 22.3 Å². The molecule has 1 unspecified atom stereocenters. The fraction of sp³-hybridized carbons (Fsp3) is 0.0714. The first kappa shape index (κ1) is 39.5. The number of carbonyl (C=O) groups is 2. The van der Waals surface area contributed by atoms with Gasteiger partial charge >= 0.3 is 0 Å². The molecule has 6 heteroatoms. The Morgan fingerprint density at radius 2 is 0.710 bits per heavy atom. The minimum Gasteiger partial charge on any atom is -0.397 e. The van der Waals surface area contributed by atoms with E-state index < -0.39 is 0 Å². The average molecular weight is 807 g/mol. The monoisotopic (exact) mass is 806 g/mol. The Balaban J connectivity index is 1.03. The lowest BCUT2D eigenvalue weighted by Crippen LogP contribution is -2.26. The third-order valence-corrected chi connectivity index (χ3v) is 11.9. The molecule has 302 valence electrons. The van der Waals surface area contributed by atoms with Crippen molar-refractivity contribution in [3.63, 3.8) is 0 Å². The van der Waals surface area contributed by atoms with Crippen LogP contribution >= 0.6 is 0 Å². The van der Waals surface area contributed by atoms with Crippen molar-refractivity contribution in [1.82, 2.24) is 10.6 Å². The van der Waals surface area contributed by atoms with E-state index in [1.165, 1.54) is 0 Å². The van der Waals surface area contributed by atoms with Crippen LogP contribution in [0.5, 0.6) is 0 Å². The van der Waals surface area contributed by atoms with Crippen LogP contribution in [0.3, 0.4) is 0 Å². The Bertz CT molecular complexity index is 2870. The van der Waals surface area contributed by atoms with Gasteiger partial charge in [-0.05, 0) is 104 Å². The molecule has 0 aliphatic rings. The van der Waals surface area contributed by atoms with Crippen molar-refractivity contribution in [3.8, 4) is 44.5 Å². The third kappa shape index (κ3) is 7.66. The maximum Gasteiger partial charge on any atom is 0.251 e. The van der Waals surface area contributed by atoms with Crippen LogP contribution in [0.25, 0.3) is 66.1 Å². The number of benzene rings is 9. The minimum atomic E-state index is -0.125. The van der Waals surface area contributed by atoms with Gasteiger partial charge in [-0.15, -0.1) is 0 Å². The highest BCUT2D eigenvalue weighted by Gasteiger charge is 2.20. The Kier molecular flexibility index (Phi) is 10.8. The molecule has 9 aromatic carbocycles. The van der Waals surface area contributed by atoms with Crippen molar-refractivity contribution in [2.24, 2.45) is 0 Å². The molecule has 6 N–H and O–H groups in total. The number of anilines is 2. The van der Waals surface area contributed by atoms with Crippen LogP contribution in [-0.2, 0) is 0 Å². The number of nitrogens with one attached hydrogen (secondary N) is 2. The molecule has 0 aliphatic heterocycles. The fourth-order valence-electron chi connectivity index (χ4n) is 8.53. The first-order valence-electron chi connectivity index (χ1n) is 20.9. The first-order chi connectivity index (χ1) is 30.2. The number of fused-ring (bicyclic) bond motifs is 2. The smallest absolute Gasteiger partial charge is 0.251 e. The van der Waals surface area contributed by atoms with E-state index in [9.17, 15) is 9.59 Å². The number of carbonyl (C=O) groups excluding carboxylic acids is 2. The SMILES string of the molecule is CC(NC(=O)c1ccc(-c2cccc3cccc(-c4ccc(-c5cccc6cccc(-c7ccc(C(=O)N[C@H](C)c8ccccc8)cc7)c56)c(N)c4N)c23)cc1)c1ccccc1. The van der Waals surface area contributed by atoms with Crippen LogP contribution in [0.4, 0.5) is 11.4 Å². The Morgan fingerprint density at radius 1 is 0.371 bits per heavy atom. The van der Waals surface area contributed by atoms with Gasteiger partial charge in [0.1, 0.15) is 0 Å². The number of hydrogen-bond donors (Lipinski definition) is 4. The number of nitrogens with two attached hydrogens (primary N) is 2. The van der Waals surface area contributed by atoms with Crippen LogP contribution < -0.4 is 22.1 Å². The molecule has 0 aromatic heterocycles. The van der Waals surface area contributed by atoms with Crippen molar-refractivity contribution in [1.29, 1.82) is 0 Å². The molecule has 62 heavy (non-hydrogen) atoms. The predicted molar refractivity (Wildman–Crippen MR) is 257 cm³/mol. The van der Waals surface area contributed by atoms with Gasteiger partial charge in [0.25, 0.3) is 11.8 Å². The second-order valence-corrected chi connectivity index (χ2v) is 15.8. The van der Waals surface area contributed by atoms with Crippen LogP contribution in [-0.4, -0.2) is 11.8 Å². The van der Waals surface area contributed by atoms with Crippen LogP contribution in [0.2, 0.25) is 0 Å². The molecule has 9 rings (SSSR count). The standard InChI is InChI=1S/C56H46N4O2/c1-35(37-13-5-3-6-14-37)59-55(61)43-29-25-39(26-30-43)45-21-9-17-41-19-11-23-47(51(41)45)49-33-34-50(54(58)53(49)57)48-24-12-20-42-18-10-22-46(52(42)48)40-27-31-44(32-28-40)56(62)60-36(2)38-15-7-4-8-16-38/h3-36H,57-58H2,1-2H3,(H,59,61)(H,60,62)/t35-,36?/m1/s1. The molecular weight excluding hydrogens is 761 g/mol. The average Bonchev–Trinajstić information content (AvgIpc) is 3.32. The van der Waals surface area contributed by atoms with E-state index in [4.69, 9.17) is 11.5 Å². The molecule has 0 saturated heterocycles. The zero-order valence-electron chi connectivity index (χ0n) is 34.6. The van der Waals surface area contributed by atoms with Crippen LogP contribution in [0, 0.1) is 0 Å². The van der Waals surface area contributed by atoms with E-state index in [1.54, 1.807) is 0 Å². The Labute approximate surface area is 361 Å². The van der Waals surface area contributed by atoms with Gasteiger partial charge in [-0.25, -0.2) is 0 Å². The Hall–Kier alpha value is -7.96. The molecular formula is C56H46N4O2. The molecule has 0 radical (unpaired) electrons. The summed E-state index contributed by atoms with van der Waals surface area (Å²) in [5.41, 5.74) is 26.1. The number of amides is 2. The maximum absolute atomic E-state index is 13.2. The van der Waals surface area contributed by atoms with Gasteiger partial charge in [-0.3, -0.25) is 9.59 Å². The van der Waals surface area contributed by atoms with E-state index in [-0.39, 0.29) is 23.9 Å². The summed E-state index contributed by atoms with van der Waals surface area (Å²) in [7, 11) is 0.